The molecule has 2 amide bonds. The number of pyridine rings is 1. The van der Waals surface area contributed by atoms with Gasteiger partial charge in [-0.3, -0.25) is 5.32 Å². The molecule has 0 unspecified atom stereocenters. The third-order valence-electron chi connectivity index (χ3n) is 4.41. The summed E-state index contributed by atoms with van der Waals surface area (Å²) >= 11 is 0. The average molecular weight is 406 g/mol. The summed E-state index contributed by atoms with van der Waals surface area (Å²) in [5, 5.41) is 2.70. The molecule has 1 aromatic heterocycles. The summed E-state index contributed by atoms with van der Waals surface area (Å²) in [6, 6.07) is 9.54. The first-order valence-electron chi connectivity index (χ1n) is 8.65. The number of amides is 2. The Kier molecular flexibility index (Phi) is 6.00. The maximum absolute atomic E-state index is 13.1. The van der Waals surface area contributed by atoms with E-state index in [1.807, 2.05) is 0 Å². The van der Waals surface area contributed by atoms with Crippen molar-refractivity contribution in [2.75, 3.05) is 45.7 Å². The Bertz CT molecular complexity index is 928. The highest BCUT2D eigenvalue weighted by molar-refractivity contribution is 7.89. The Morgan fingerprint density at radius 2 is 1.82 bits per heavy atom. The summed E-state index contributed by atoms with van der Waals surface area (Å²) in [7, 11) is -0.901. The first-order valence-corrected chi connectivity index (χ1v) is 10.1. The average Bonchev–Trinajstić information content (AvgIpc) is 2.74. The summed E-state index contributed by atoms with van der Waals surface area (Å²) < 4.78 is 37.8. The summed E-state index contributed by atoms with van der Waals surface area (Å²) in [6.07, 6.45) is 1.58. The minimum absolute atomic E-state index is 0.0423. The third-order valence-corrected chi connectivity index (χ3v) is 6.33. The minimum atomic E-state index is -3.79. The van der Waals surface area contributed by atoms with E-state index in [4.69, 9.17) is 9.47 Å². The molecule has 0 bridgehead atoms. The maximum Gasteiger partial charge on any atom is 0.323 e. The number of nitrogens with zero attached hydrogens (tertiary/aromatic N) is 3. The Balaban J connectivity index is 1.69. The van der Waals surface area contributed by atoms with Crippen LogP contribution in [0, 0.1) is 0 Å². The molecule has 1 N–H and O–H groups in total. The van der Waals surface area contributed by atoms with Gasteiger partial charge >= 0.3 is 6.03 Å². The number of benzene rings is 1. The summed E-state index contributed by atoms with van der Waals surface area (Å²) in [6.45, 7) is 0.894. The molecule has 28 heavy (non-hydrogen) atoms. The first-order chi connectivity index (χ1) is 13.5. The van der Waals surface area contributed by atoms with E-state index < -0.39 is 10.0 Å². The number of hydrogen-bond acceptors (Lipinski definition) is 6. The number of methoxy groups -OCH3 is 2. The number of anilines is 1. The van der Waals surface area contributed by atoms with Gasteiger partial charge in [0.15, 0.2) is 0 Å². The molecule has 0 atom stereocenters. The van der Waals surface area contributed by atoms with E-state index >= 15 is 0 Å². The quantitative estimate of drug-likeness (QED) is 0.810. The lowest BCUT2D eigenvalue weighted by molar-refractivity contribution is 0.184. The lowest BCUT2D eigenvalue weighted by Crippen LogP contribution is -2.51. The fraction of sp³-hybridized carbons (Fsp3) is 0.333. The lowest BCUT2D eigenvalue weighted by Gasteiger charge is -2.34. The van der Waals surface area contributed by atoms with Crippen LogP contribution >= 0.6 is 0 Å². The molecule has 2 aromatic rings. The number of rotatable bonds is 5. The first kappa shape index (κ1) is 19.9. The zero-order valence-electron chi connectivity index (χ0n) is 15.7. The summed E-state index contributed by atoms with van der Waals surface area (Å²) in [4.78, 5) is 18.0. The predicted molar refractivity (Wildman–Crippen MR) is 103 cm³/mol. The van der Waals surface area contributed by atoms with Crippen LogP contribution < -0.4 is 14.8 Å². The Morgan fingerprint density at radius 1 is 1.07 bits per heavy atom. The molecular formula is C18H22N4O5S. The van der Waals surface area contributed by atoms with Crippen LogP contribution in [-0.4, -0.2) is 69.0 Å². The normalized spacial score (nSPS) is 15.1. The molecule has 1 fully saturated rings. The minimum Gasteiger partial charge on any atom is -0.497 e. The summed E-state index contributed by atoms with van der Waals surface area (Å²) in [5.41, 5.74) is 0. The van der Waals surface area contributed by atoms with Gasteiger partial charge in [-0.1, -0.05) is 6.07 Å². The second kappa shape index (κ2) is 8.44. The van der Waals surface area contributed by atoms with Crippen LogP contribution in [0.15, 0.2) is 47.5 Å². The molecule has 2 heterocycles. The van der Waals surface area contributed by atoms with Crippen molar-refractivity contribution in [2.45, 2.75) is 4.90 Å². The van der Waals surface area contributed by atoms with Crippen LogP contribution in [0.2, 0.25) is 0 Å². The molecule has 1 saturated heterocycles. The van der Waals surface area contributed by atoms with Crippen molar-refractivity contribution in [1.29, 1.82) is 0 Å². The van der Waals surface area contributed by atoms with E-state index in [1.165, 1.54) is 24.6 Å². The van der Waals surface area contributed by atoms with Gasteiger partial charge in [0, 0.05) is 38.4 Å². The molecule has 1 aliphatic heterocycles. The van der Waals surface area contributed by atoms with E-state index in [-0.39, 0.29) is 42.9 Å². The van der Waals surface area contributed by atoms with Crippen LogP contribution in [0.5, 0.6) is 11.5 Å². The molecule has 0 radical (unpaired) electrons. The standard InChI is InChI=1S/C18H22N4O5S/c1-26-14-6-7-15(27-2)16(13-14)28(24,25)22-11-9-21(10-12-22)18(23)20-17-5-3-4-8-19-17/h3-8,13H,9-12H2,1-2H3,(H,19,20,23). The van der Waals surface area contributed by atoms with E-state index in [0.29, 0.717) is 11.6 Å². The number of sulfonamides is 1. The topological polar surface area (TPSA) is 101 Å². The van der Waals surface area contributed by atoms with Crippen LogP contribution in [-0.2, 0) is 10.0 Å². The van der Waals surface area contributed by atoms with Gasteiger partial charge < -0.3 is 14.4 Å². The summed E-state index contributed by atoms with van der Waals surface area (Å²) in [5.74, 6) is 1.12. The van der Waals surface area contributed by atoms with Gasteiger partial charge in [0.1, 0.15) is 22.2 Å². The molecule has 150 valence electrons. The molecule has 0 aliphatic carbocycles. The maximum atomic E-state index is 13.1. The molecule has 3 rings (SSSR count). The Morgan fingerprint density at radius 3 is 2.43 bits per heavy atom. The van der Waals surface area contributed by atoms with Gasteiger partial charge in [-0.15, -0.1) is 0 Å². The van der Waals surface area contributed by atoms with Crippen molar-refractivity contribution >= 4 is 21.9 Å². The monoisotopic (exact) mass is 406 g/mol. The molecule has 0 spiro atoms. The number of hydrogen-bond donors (Lipinski definition) is 1. The van der Waals surface area contributed by atoms with E-state index in [2.05, 4.69) is 10.3 Å². The van der Waals surface area contributed by atoms with Crippen molar-refractivity contribution < 1.29 is 22.7 Å². The SMILES string of the molecule is COc1ccc(OC)c(S(=O)(=O)N2CCN(C(=O)Nc3ccccn3)CC2)c1. The number of piperazine rings is 1. The molecule has 0 saturated carbocycles. The third kappa shape index (κ3) is 4.18. The smallest absolute Gasteiger partial charge is 0.323 e. The van der Waals surface area contributed by atoms with Gasteiger partial charge in [0.25, 0.3) is 0 Å². The van der Waals surface area contributed by atoms with Crippen LogP contribution in [0.4, 0.5) is 10.6 Å². The number of aromatic nitrogens is 1. The zero-order valence-corrected chi connectivity index (χ0v) is 16.5. The molecular weight excluding hydrogens is 384 g/mol. The highest BCUT2D eigenvalue weighted by Gasteiger charge is 2.32. The number of ether oxygens (including phenoxy) is 2. The highest BCUT2D eigenvalue weighted by Crippen LogP contribution is 2.31. The fourth-order valence-corrected chi connectivity index (χ4v) is 4.47. The van der Waals surface area contributed by atoms with E-state index in [9.17, 15) is 13.2 Å². The van der Waals surface area contributed by atoms with Crippen LogP contribution in [0.25, 0.3) is 0 Å². The molecule has 1 aliphatic rings. The predicted octanol–water partition coefficient (Wildman–Crippen LogP) is 1.64. The second-order valence-corrected chi connectivity index (χ2v) is 7.96. The lowest BCUT2D eigenvalue weighted by atomic mass is 10.3. The van der Waals surface area contributed by atoms with Gasteiger partial charge in [-0.2, -0.15) is 4.31 Å². The van der Waals surface area contributed by atoms with Crippen LogP contribution in [0.1, 0.15) is 0 Å². The molecule has 10 heteroatoms. The Labute approximate surface area is 163 Å². The van der Waals surface area contributed by atoms with Gasteiger partial charge in [-0.05, 0) is 24.3 Å². The van der Waals surface area contributed by atoms with E-state index in [0.717, 1.165) is 0 Å². The largest absolute Gasteiger partial charge is 0.497 e. The van der Waals surface area contributed by atoms with Gasteiger partial charge in [-0.25, -0.2) is 18.2 Å². The van der Waals surface area contributed by atoms with Crippen molar-refractivity contribution in [1.82, 2.24) is 14.2 Å². The fourth-order valence-electron chi connectivity index (χ4n) is 2.88. The van der Waals surface area contributed by atoms with E-state index in [1.54, 1.807) is 41.4 Å². The van der Waals surface area contributed by atoms with Gasteiger partial charge in [0.2, 0.25) is 10.0 Å². The van der Waals surface area contributed by atoms with Crippen molar-refractivity contribution in [2.24, 2.45) is 0 Å². The Hall–Kier alpha value is -2.85. The molecule has 1 aromatic carbocycles. The van der Waals surface area contributed by atoms with Crippen molar-refractivity contribution in [3.8, 4) is 11.5 Å². The number of nitrogens with one attached hydrogen (secondary N) is 1. The number of carbonyl (C=O) groups excluding carboxylic acids is 1. The van der Waals surface area contributed by atoms with Gasteiger partial charge in [0.05, 0.1) is 14.2 Å². The molecule has 9 nitrogen and oxygen atoms in total. The second-order valence-electron chi connectivity index (χ2n) is 6.05. The van der Waals surface area contributed by atoms with Crippen LogP contribution in [0.3, 0.4) is 0 Å². The highest BCUT2D eigenvalue weighted by atomic mass is 32.2. The van der Waals surface area contributed by atoms with Crippen molar-refractivity contribution in [3.05, 3.63) is 42.6 Å². The zero-order chi connectivity index (χ0) is 20.1. The number of carbonyl (C=O) groups is 1. The van der Waals surface area contributed by atoms with Crippen molar-refractivity contribution in [3.63, 3.8) is 0 Å². The number of urea groups is 1.